The van der Waals surface area contributed by atoms with Crippen molar-refractivity contribution >= 4 is 22.7 Å². The number of nitrogens with zero attached hydrogens (tertiary/aromatic N) is 1. The molecule has 3 nitrogen and oxygen atoms in total. The van der Waals surface area contributed by atoms with Gasteiger partial charge in [0.1, 0.15) is 11.6 Å². The van der Waals surface area contributed by atoms with E-state index in [2.05, 4.69) is 44.8 Å². The minimum Gasteiger partial charge on any atom is -0.507 e. The van der Waals surface area contributed by atoms with Crippen molar-refractivity contribution in [2.45, 2.75) is 27.7 Å². The van der Waals surface area contributed by atoms with Gasteiger partial charge in [0.05, 0.1) is 17.0 Å². The molecule has 0 unspecified atom stereocenters. The fourth-order valence-corrected chi connectivity index (χ4v) is 5.17. The molecule has 4 rings (SSSR count). The normalized spacial score (nSPS) is 11.2. The molecule has 0 aliphatic carbocycles. The fourth-order valence-electron chi connectivity index (χ4n) is 3.31. The highest BCUT2D eigenvalue weighted by molar-refractivity contribution is 7.12. The molecule has 3 heterocycles. The Morgan fingerprint density at radius 1 is 0.846 bits per heavy atom. The van der Waals surface area contributed by atoms with E-state index < -0.39 is 0 Å². The van der Waals surface area contributed by atoms with Crippen LogP contribution in [0.15, 0.2) is 36.4 Å². The molecule has 5 heteroatoms. The Morgan fingerprint density at radius 3 is 2.04 bits per heavy atom. The smallest absolute Gasteiger partial charge is 0.142 e. The summed E-state index contributed by atoms with van der Waals surface area (Å²) < 4.78 is 0. The number of H-pyrrole nitrogens is 1. The van der Waals surface area contributed by atoms with Gasteiger partial charge in [0, 0.05) is 30.6 Å². The second-order valence-electron chi connectivity index (χ2n) is 6.48. The summed E-state index contributed by atoms with van der Waals surface area (Å²) in [4.78, 5) is 13.5. The molecule has 0 amide bonds. The minimum absolute atomic E-state index is 0.232. The lowest BCUT2D eigenvalue weighted by Crippen LogP contribution is -1.83. The third-order valence-electron chi connectivity index (χ3n) is 4.47. The van der Waals surface area contributed by atoms with E-state index in [0.717, 1.165) is 17.0 Å². The van der Waals surface area contributed by atoms with Crippen LogP contribution in [-0.2, 0) is 0 Å². The van der Waals surface area contributed by atoms with Gasteiger partial charge in [-0.05, 0) is 52.0 Å². The highest BCUT2D eigenvalue weighted by atomic mass is 32.1. The van der Waals surface area contributed by atoms with Crippen LogP contribution in [0.1, 0.15) is 19.5 Å². The Kier molecular flexibility index (Phi) is 4.21. The van der Waals surface area contributed by atoms with Gasteiger partial charge in [-0.2, -0.15) is 0 Å². The maximum absolute atomic E-state index is 10.3. The summed E-state index contributed by atoms with van der Waals surface area (Å²) in [5, 5.41) is 10.3. The molecule has 0 aliphatic rings. The van der Waals surface area contributed by atoms with Gasteiger partial charge in [-0.3, -0.25) is 0 Å². The molecule has 0 aliphatic heterocycles. The van der Waals surface area contributed by atoms with Crippen molar-refractivity contribution in [2.75, 3.05) is 0 Å². The average molecular weight is 381 g/mol. The van der Waals surface area contributed by atoms with Crippen molar-refractivity contribution < 1.29 is 5.11 Å². The van der Waals surface area contributed by atoms with Crippen molar-refractivity contribution in [3.8, 4) is 39.7 Å². The number of rotatable bonds is 3. The number of phenolic OH excluding ortho intramolecular Hbond substituents is 1. The lowest BCUT2D eigenvalue weighted by Gasteiger charge is -2.02. The number of thiophene rings is 2. The van der Waals surface area contributed by atoms with Gasteiger partial charge in [0.15, 0.2) is 0 Å². The summed E-state index contributed by atoms with van der Waals surface area (Å²) in [6, 6.07) is 11.7. The van der Waals surface area contributed by atoms with E-state index in [0.29, 0.717) is 11.4 Å². The topological polar surface area (TPSA) is 48.9 Å². The van der Waals surface area contributed by atoms with E-state index in [1.54, 1.807) is 28.7 Å². The first kappa shape index (κ1) is 17.1. The van der Waals surface area contributed by atoms with E-state index in [1.807, 2.05) is 18.2 Å². The summed E-state index contributed by atoms with van der Waals surface area (Å²) in [6.07, 6.45) is 0. The quantitative estimate of drug-likeness (QED) is 0.428. The predicted octanol–water partition coefficient (Wildman–Crippen LogP) is 6.47. The summed E-state index contributed by atoms with van der Waals surface area (Å²) in [6.45, 7) is 8.53. The van der Waals surface area contributed by atoms with Gasteiger partial charge in [0.25, 0.3) is 0 Å². The third kappa shape index (κ3) is 2.87. The Morgan fingerprint density at radius 2 is 1.46 bits per heavy atom. The first-order chi connectivity index (χ1) is 12.4. The number of aromatic nitrogens is 2. The highest BCUT2D eigenvalue weighted by Gasteiger charge is 2.21. The number of benzene rings is 1. The van der Waals surface area contributed by atoms with Gasteiger partial charge < -0.3 is 10.1 Å². The standard InChI is InChI=1S/C21H20N2OS2/c1-11-9-16(13(3)25-11)19-20(17-10-12(2)26-14(17)4)23-21(22-19)15-7-5-6-8-18(15)24/h5-10,24H,1-4H3,(H,22,23). The van der Waals surface area contributed by atoms with Crippen LogP contribution in [0.5, 0.6) is 5.75 Å². The Hall–Kier alpha value is -2.37. The van der Waals surface area contributed by atoms with Crippen molar-refractivity contribution in [3.05, 3.63) is 55.9 Å². The first-order valence-corrected chi connectivity index (χ1v) is 10.1. The average Bonchev–Trinajstić information content (AvgIpc) is 3.24. The molecule has 0 atom stereocenters. The van der Waals surface area contributed by atoms with Gasteiger partial charge in [-0.25, -0.2) is 4.98 Å². The molecule has 0 bridgehead atoms. The fraction of sp³-hybridized carbons (Fsp3) is 0.190. The molecule has 3 aromatic heterocycles. The number of hydrogen-bond donors (Lipinski definition) is 2. The SMILES string of the molecule is Cc1cc(-c2nc(-c3ccccc3O)[nH]c2-c2cc(C)sc2C)c(C)s1. The minimum atomic E-state index is 0.232. The van der Waals surface area contributed by atoms with Crippen LogP contribution >= 0.6 is 22.7 Å². The summed E-state index contributed by atoms with van der Waals surface area (Å²) in [7, 11) is 0. The number of aryl methyl sites for hydroxylation is 4. The Bertz CT molecular complexity index is 1040. The second kappa shape index (κ2) is 6.41. The number of aromatic hydroxyl groups is 1. The molecule has 132 valence electrons. The van der Waals surface area contributed by atoms with E-state index in [1.165, 1.54) is 25.1 Å². The second-order valence-corrected chi connectivity index (χ2v) is 9.40. The van der Waals surface area contributed by atoms with Gasteiger partial charge in [0.2, 0.25) is 0 Å². The van der Waals surface area contributed by atoms with Crippen molar-refractivity contribution in [3.63, 3.8) is 0 Å². The lowest BCUT2D eigenvalue weighted by molar-refractivity contribution is 0.477. The molecular weight excluding hydrogens is 360 g/mol. The molecule has 4 aromatic rings. The maximum Gasteiger partial charge on any atom is 0.142 e. The van der Waals surface area contributed by atoms with Crippen molar-refractivity contribution in [2.24, 2.45) is 0 Å². The number of aromatic amines is 1. The zero-order valence-corrected chi connectivity index (χ0v) is 16.8. The summed E-state index contributed by atoms with van der Waals surface area (Å²) in [5.41, 5.74) is 5.02. The number of imidazole rings is 1. The van der Waals surface area contributed by atoms with Gasteiger partial charge in [-0.1, -0.05) is 12.1 Å². The number of nitrogens with one attached hydrogen (secondary N) is 1. The molecule has 0 saturated heterocycles. The molecule has 26 heavy (non-hydrogen) atoms. The van der Waals surface area contributed by atoms with Crippen molar-refractivity contribution in [1.82, 2.24) is 9.97 Å². The zero-order valence-electron chi connectivity index (χ0n) is 15.2. The van der Waals surface area contributed by atoms with Crippen LogP contribution in [0.4, 0.5) is 0 Å². The molecular formula is C21H20N2OS2. The molecule has 2 N–H and O–H groups in total. The lowest BCUT2D eigenvalue weighted by atomic mass is 10.1. The zero-order chi connectivity index (χ0) is 18.4. The molecule has 0 spiro atoms. The Balaban J connectivity index is 1.98. The van der Waals surface area contributed by atoms with E-state index in [-0.39, 0.29) is 5.75 Å². The number of para-hydroxylation sites is 1. The van der Waals surface area contributed by atoms with Crippen LogP contribution < -0.4 is 0 Å². The molecule has 0 saturated carbocycles. The highest BCUT2D eigenvalue weighted by Crippen LogP contribution is 2.41. The molecule has 0 radical (unpaired) electrons. The van der Waals surface area contributed by atoms with E-state index in [9.17, 15) is 5.11 Å². The molecule has 1 aromatic carbocycles. The van der Waals surface area contributed by atoms with Crippen LogP contribution in [0.3, 0.4) is 0 Å². The van der Waals surface area contributed by atoms with Crippen LogP contribution in [0, 0.1) is 27.7 Å². The van der Waals surface area contributed by atoms with Crippen LogP contribution in [-0.4, -0.2) is 15.1 Å². The van der Waals surface area contributed by atoms with Gasteiger partial charge in [-0.15, -0.1) is 22.7 Å². The molecule has 0 fully saturated rings. The maximum atomic E-state index is 10.3. The van der Waals surface area contributed by atoms with E-state index >= 15 is 0 Å². The first-order valence-electron chi connectivity index (χ1n) is 8.47. The number of hydrogen-bond acceptors (Lipinski definition) is 4. The summed E-state index contributed by atoms with van der Waals surface area (Å²) in [5.74, 6) is 0.926. The van der Waals surface area contributed by atoms with Crippen LogP contribution in [0.25, 0.3) is 33.9 Å². The predicted molar refractivity (Wildman–Crippen MR) is 111 cm³/mol. The van der Waals surface area contributed by atoms with E-state index in [4.69, 9.17) is 4.98 Å². The monoisotopic (exact) mass is 380 g/mol. The number of phenols is 1. The Labute approximate surface area is 161 Å². The largest absolute Gasteiger partial charge is 0.507 e. The summed E-state index contributed by atoms with van der Waals surface area (Å²) >= 11 is 3.58. The van der Waals surface area contributed by atoms with Gasteiger partial charge >= 0.3 is 0 Å². The third-order valence-corrected chi connectivity index (χ3v) is 6.40. The van der Waals surface area contributed by atoms with Crippen LogP contribution in [0.2, 0.25) is 0 Å². The van der Waals surface area contributed by atoms with Crippen molar-refractivity contribution in [1.29, 1.82) is 0 Å².